The van der Waals surface area contributed by atoms with Crippen molar-refractivity contribution in [3.63, 3.8) is 0 Å². The normalized spacial score (nSPS) is 17.9. The van der Waals surface area contributed by atoms with Crippen LogP contribution in [0.1, 0.15) is 23.3 Å². The van der Waals surface area contributed by atoms with E-state index in [1.165, 1.54) is 16.9 Å². The second kappa shape index (κ2) is 6.71. The summed E-state index contributed by atoms with van der Waals surface area (Å²) in [6, 6.07) is 8.17. The predicted molar refractivity (Wildman–Crippen MR) is 94.6 cm³/mol. The molecule has 0 aliphatic carbocycles. The Labute approximate surface area is 154 Å². The summed E-state index contributed by atoms with van der Waals surface area (Å²) in [6.07, 6.45) is 1.79. The topological polar surface area (TPSA) is 76.4 Å². The van der Waals surface area contributed by atoms with Crippen molar-refractivity contribution in [2.45, 2.75) is 18.3 Å². The van der Waals surface area contributed by atoms with Crippen LogP contribution in [0.5, 0.6) is 11.5 Å². The minimum atomic E-state index is -0.0931. The van der Waals surface area contributed by atoms with E-state index in [2.05, 4.69) is 28.5 Å². The van der Waals surface area contributed by atoms with E-state index in [4.69, 9.17) is 31.1 Å². The Kier molecular flexibility index (Phi) is 4.42. The molecule has 0 amide bonds. The van der Waals surface area contributed by atoms with Crippen LogP contribution in [-0.4, -0.2) is 31.5 Å². The molecule has 2 aliphatic heterocycles. The number of halogens is 1. The largest absolute Gasteiger partial charge is 0.454 e. The van der Waals surface area contributed by atoms with Gasteiger partial charge in [0.25, 0.3) is 0 Å². The second-order valence-corrected chi connectivity index (χ2v) is 7.42. The number of thiazole rings is 1. The van der Waals surface area contributed by atoms with Gasteiger partial charge in [-0.05, 0) is 30.5 Å². The number of nitrogens with zero attached hydrogens (tertiary/aromatic N) is 2. The van der Waals surface area contributed by atoms with Crippen LogP contribution in [-0.2, 0) is 10.2 Å². The van der Waals surface area contributed by atoms with Gasteiger partial charge in [0.1, 0.15) is 10.9 Å². The van der Waals surface area contributed by atoms with E-state index >= 15 is 0 Å². The van der Waals surface area contributed by atoms with Gasteiger partial charge in [0, 0.05) is 25.2 Å². The molecule has 0 radical (unpaired) electrons. The van der Waals surface area contributed by atoms with Gasteiger partial charge in [-0.25, -0.2) is 4.98 Å². The van der Waals surface area contributed by atoms with Crippen molar-refractivity contribution in [2.75, 3.05) is 31.9 Å². The second-order valence-electron chi connectivity index (χ2n) is 6.07. The number of anilines is 1. The molecular formula is C17H16ClN3O3S. The quantitative estimate of drug-likeness (QED) is 0.877. The fourth-order valence-corrected chi connectivity index (χ4v) is 4.19. The average molecular weight is 378 g/mol. The first-order valence-corrected chi connectivity index (χ1v) is 9.18. The van der Waals surface area contributed by atoms with E-state index in [1.54, 1.807) is 0 Å². The molecule has 1 N–H and O–H groups in total. The third-order valence-corrected chi connectivity index (χ3v) is 6.00. The minimum Gasteiger partial charge on any atom is -0.454 e. The van der Waals surface area contributed by atoms with Crippen LogP contribution in [0.15, 0.2) is 18.2 Å². The smallest absolute Gasteiger partial charge is 0.231 e. The Morgan fingerprint density at radius 3 is 2.84 bits per heavy atom. The standard InChI is InChI=1S/C17H16ClN3O3S/c18-15-14(8-19)25-16(21-15)20-9-17(3-5-22-6-4-17)11-1-2-12-13(7-11)24-10-23-12/h1-2,7H,3-6,9-10H2,(H,20,21). The summed E-state index contributed by atoms with van der Waals surface area (Å²) in [5.41, 5.74) is 1.10. The van der Waals surface area contributed by atoms with E-state index in [1.807, 2.05) is 6.07 Å². The highest BCUT2D eigenvalue weighted by Crippen LogP contribution is 2.41. The fraction of sp³-hybridized carbons (Fsp3) is 0.412. The van der Waals surface area contributed by atoms with Crippen molar-refractivity contribution < 1.29 is 14.2 Å². The van der Waals surface area contributed by atoms with E-state index in [0.717, 1.165) is 24.3 Å². The lowest BCUT2D eigenvalue weighted by Crippen LogP contribution is -2.40. The van der Waals surface area contributed by atoms with Crippen LogP contribution in [0.4, 0.5) is 5.13 Å². The molecule has 1 aromatic carbocycles. The van der Waals surface area contributed by atoms with Gasteiger partial charge in [-0.15, -0.1) is 0 Å². The zero-order chi connectivity index (χ0) is 17.3. The highest BCUT2D eigenvalue weighted by molar-refractivity contribution is 7.16. The lowest BCUT2D eigenvalue weighted by molar-refractivity contribution is 0.0543. The number of fused-ring (bicyclic) bond motifs is 1. The van der Waals surface area contributed by atoms with E-state index in [0.29, 0.717) is 29.8 Å². The van der Waals surface area contributed by atoms with Gasteiger partial charge in [0.15, 0.2) is 21.8 Å². The molecule has 2 aliphatic rings. The lowest BCUT2D eigenvalue weighted by atomic mass is 9.74. The molecule has 1 saturated heterocycles. The number of ether oxygens (including phenoxy) is 3. The Morgan fingerprint density at radius 2 is 2.08 bits per heavy atom. The molecule has 0 bridgehead atoms. The first kappa shape index (κ1) is 16.5. The molecule has 1 aromatic heterocycles. The Hall–Kier alpha value is -2.01. The zero-order valence-corrected chi connectivity index (χ0v) is 15.0. The van der Waals surface area contributed by atoms with Crippen LogP contribution >= 0.6 is 22.9 Å². The van der Waals surface area contributed by atoms with Crippen LogP contribution in [0.25, 0.3) is 0 Å². The van der Waals surface area contributed by atoms with E-state index in [-0.39, 0.29) is 17.4 Å². The maximum absolute atomic E-state index is 9.03. The first-order valence-electron chi connectivity index (χ1n) is 7.98. The summed E-state index contributed by atoms with van der Waals surface area (Å²) >= 11 is 7.24. The number of aromatic nitrogens is 1. The molecule has 0 atom stereocenters. The zero-order valence-electron chi connectivity index (χ0n) is 13.4. The predicted octanol–water partition coefficient (Wildman–Crippen LogP) is 3.56. The summed E-state index contributed by atoms with van der Waals surface area (Å²) in [5.74, 6) is 1.57. The highest BCUT2D eigenvalue weighted by Gasteiger charge is 2.36. The van der Waals surface area contributed by atoms with Gasteiger partial charge >= 0.3 is 0 Å². The number of hydrogen-bond acceptors (Lipinski definition) is 7. The summed E-state index contributed by atoms with van der Waals surface area (Å²) < 4.78 is 16.5. The molecule has 8 heteroatoms. The SMILES string of the molecule is N#Cc1sc(NCC2(c3ccc4c(c3)OCO4)CCOCC2)nc1Cl. The lowest BCUT2D eigenvalue weighted by Gasteiger charge is -2.38. The van der Waals surface area contributed by atoms with Crippen LogP contribution in [0, 0.1) is 11.3 Å². The van der Waals surface area contributed by atoms with Crippen LogP contribution < -0.4 is 14.8 Å². The Balaban J connectivity index is 1.59. The number of rotatable bonds is 4. The van der Waals surface area contributed by atoms with Crippen LogP contribution in [0.3, 0.4) is 0 Å². The first-order chi connectivity index (χ1) is 12.2. The number of nitrogens with one attached hydrogen (secondary N) is 1. The molecule has 25 heavy (non-hydrogen) atoms. The summed E-state index contributed by atoms with van der Waals surface area (Å²) in [7, 11) is 0. The van der Waals surface area contributed by atoms with E-state index in [9.17, 15) is 0 Å². The molecule has 6 nitrogen and oxygen atoms in total. The molecule has 0 saturated carbocycles. The third-order valence-electron chi connectivity index (χ3n) is 4.70. The third kappa shape index (κ3) is 3.13. The molecule has 1 fully saturated rings. The van der Waals surface area contributed by atoms with Crippen molar-refractivity contribution in [3.8, 4) is 17.6 Å². The molecular weight excluding hydrogens is 362 g/mol. The molecule has 0 spiro atoms. The Bertz CT molecular complexity index is 827. The monoisotopic (exact) mass is 377 g/mol. The van der Waals surface area contributed by atoms with Crippen molar-refractivity contribution >= 4 is 28.1 Å². The molecule has 2 aromatic rings. The molecule has 4 rings (SSSR count). The van der Waals surface area contributed by atoms with Crippen molar-refractivity contribution in [3.05, 3.63) is 33.8 Å². The van der Waals surface area contributed by atoms with E-state index < -0.39 is 0 Å². The molecule has 0 unspecified atom stereocenters. The summed E-state index contributed by atoms with van der Waals surface area (Å²) in [5, 5.41) is 13.3. The van der Waals surface area contributed by atoms with Crippen molar-refractivity contribution in [1.82, 2.24) is 4.98 Å². The van der Waals surface area contributed by atoms with Crippen molar-refractivity contribution in [2.24, 2.45) is 0 Å². The number of benzene rings is 1. The van der Waals surface area contributed by atoms with Gasteiger partial charge in [0.2, 0.25) is 6.79 Å². The van der Waals surface area contributed by atoms with Gasteiger partial charge in [-0.1, -0.05) is 29.0 Å². The highest BCUT2D eigenvalue weighted by atomic mass is 35.5. The molecule has 3 heterocycles. The Morgan fingerprint density at radius 1 is 1.28 bits per heavy atom. The maximum Gasteiger partial charge on any atom is 0.231 e. The van der Waals surface area contributed by atoms with Crippen molar-refractivity contribution in [1.29, 1.82) is 5.26 Å². The maximum atomic E-state index is 9.03. The average Bonchev–Trinajstić information content (AvgIpc) is 3.26. The molecule has 130 valence electrons. The minimum absolute atomic E-state index is 0.0931. The fourth-order valence-electron chi connectivity index (χ4n) is 3.25. The summed E-state index contributed by atoms with van der Waals surface area (Å²) in [6.45, 7) is 2.36. The van der Waals surface area contributed by atoms with Gasteiger partial charge in [0.05, 0.1) is 0 Å². The van der Waals surface area contributed by atoms with Gasteiger partial charge in [-0.3, -0.25) is 0 Å². The van der Waals surface area contributed by atoms with Crippen LogP contribution in [0.2, 0.25) is 5.15 Å². The van der Waals surface area contributed by atoms with Gasteiger partial charge < -0.3 is 19.5 Å². The summed E-state index contributed by atoms with van der Waals surface area (Å²) in [4.78, 5) is 4.65. The van der Waals surface area contributed by atoms with Gasteiger partial charge in [-0.2, -0.15) is 5.26 Å². The number of nitriles is 1. The number of hydrogen-bond donors (Lipinski definition) is 1.